The van der Waals surface area contributed by atoms with Crippen molar-refractivity contribution in [3.8, 4) is 0 Å². The zero-order chi connectivity index (χ0) is 12.6. The Morgan fingerprint density at radius 1 is 1.33 bits per heavy atom. The Bertz CT molecular complexity index is 213. The van der Waals surface area contributed by atoms with Crippen molar-refractivity contribution in [3.05, 3.63) is 0 Å². The van der Waals surface area contributed by atoms with Crippen molar-refractivity contribution in [1.82, 2.24) is 5.32 Å². The molecule has 3 heteroatoms. The number of rotatable bonds is 7. The van der Waals surface area contributed by atoms with Gasteiger partial charge in [-0.3, -0.25) is 0 Å². The summed E-state index contributed by atoms with van der Waals surface area (Å²) in [5.41, 5.74) is 0. The highest BCUT2D eigenvalue weighted by Gasteiger charge is 2.25. The van der Waals surface area contributed by atoms with Gasteiger partial charge in [0.25, 0.3) is 0 Å². The third-order valence-electron chi connectivity index (χ3n) is 4.31. The topological polar surface area (TPSA) is 21.3 Å². The fourth-order valence-corrected chi connectivity index (χ4v) is 4.14. The van der Waals surface area contributed by atoms with E-state index in [9.17, 15) is 0 Å². The Hall–Kier alpha value is 0.270. The maximum atomic E-state index is 5.97. The Kier molecular flexibility index (Phi) is 6.88. The molecule has 18 heavy (non-hydrogen) atoms. The van der Waals surface area contributed by atoms with Gasteiger partial charge in [0.15, 0.2) is 0 Å². The number of nitrogens with one attached hydrogen (secondary N) is 1. The van der Waals surface area contributed by atoms with Crippen LogP contribution in [0, 0.1) is 5.92 Å². The molecule has 1 heterocycles. The van der Waals surface area contributed by atoms with Crippen LogP contribution in [0.5, 0.6) is 0 Å². The Labute approximate surface area is 117 Å². The Morgan fingerprint density at radius 3 is 2.83 bits per heavy atom. The third kappa shape index (κ3) is 4.75. The van der Waals surface area contributed by atoms with Gasteiger partial charge in [-0.15, -0.1) is 0 Å². The van der Waals surface area contributed by atoms with Crippen molar-refractivity contribution in [2.24, 2.45) is 5.92 Å². The molecule has 2 fully saturated rings. The molecule has 0 aromatic heterocycles. The Balaban J connectivity index is 1.75. The van der Waals surface area contributed by atoms with Gasteiger partial charge in [0, 0.05) is 17.5 Å². The van der Waals surface area contributed by atoms with Gasteiger partial charge >= 0.3 is 0 Å². The van der Waals surface area contributed by atoms with Crippen LogP contribution >= 0.6 is 11.8 Å². The normalized spacial score (nSPS) is 27.5. The van der Waals surface area contributed by atoms with E-state index in [0.29, 0.717) is 12.1 Å². The second-order valence-electron chi connectivity index (χ2n) is 5.77. The highest BCUT2D eigenvalue weighted by Crippen LogP contribution is 2.30. The fourth-order valence-electron chi connectivity index (χ4n) is 3.20. The lowest BCUT2D eigenvalue weighted by Gasteiger charge is -2.31. The quantitative estimate of drug-likeness (QED) is 0.766. The number of thioether (sulfide) groups is 1. The molecule has 106 valence electrons. The predicted molar refractivity (Wildman–Crippen MR) is 80.3 cm³/mol. The molecule has 1 aliphatic heterocycles. The summed E-state index contributed by atoms with van der Waals surface area (Å²) >= 11 is 2.06. The van der Waals surface area contributed by atoms with Crippen molar-refractivity contribution in [1.29, 1.82) is 0 Å². The molecule has 2 aliphatic rings. The van der Waals surface area contributed by atoms with Crippen molar-refractivity contribution < 1.29 is 4.74 Å². The monoisotopic (exact) mass is 271 g/mol. The van der Waals surface area contributed by atoms with Gasteiger partial charge < -0.3 is 10.1 Å². The molecular formula is C15H29NOS. The van der Waals surface area contributed by atoms with Crippen LogP contribution in [0.15, 0.2) is 0 Å². The molecule has 1 aliphatic carbocycles. The van der Waals surface area contributed by atoms with E-state index >= 15 is 0 Å². The zero-order valence-corrected chi connectivity index (χ0v) is 12.6. The van der Waals surface area contributed by atoms with E-state index < -0.39 is 0 Å². The number of hydrogen-bond donors (Lipinski definition) is 1. The summed E-state index contributed by atoms with van der Waals surface area (Å²) in [6, 6.07) is 0.596. The van der Waals surface area contributed by atoms with Crippen LogP contribution in [-0.2, 0) is 4.74 Å². The van der Waals surface area contributed by atoms with E-state index in [1.54, 1.807) is 0 Å². The molecule has 0 radical (unpaired) electrons. The summed E-state index contributed by atoms with van der Waals surface area (Å²) in [7, 11) is 0. The minimum absolute atomic E-state index is 0.455. The standard InChI is InChI=1S/C15H29NOS/c1-2-9-16-14(15-12-18-11-10-17-15)8-7-13-5-3-4-6-13/h13-16H,2-12H2,1H3. The highest BCUT2D eigenvalue weighted by molar-refractivity contribution is 7.99. The lowest BCUT2D eigenvalue weighted by Crippen LogP contribution is -2.45. The van der Waals surface area contributed by atoms with Gasteiger partial charge in [0.1, 0.15) is 0 Å². The molecule has 0 aromatic rings. The van der Waals surface area contributed by atoms with Crippen LogP contribution in [0.1, 0.15) is 51.9 Å². The third-order valence-corrected chi connectivity index (χ3v) is 5.33. The van der Waals surface area contributed by atoms with E-state index in [-0.39, 0.29) is 0 Å². The molecule has 2 atom stereocenters. The summed E-state index contributed by atoms with van der Waals surface area (Å²) in [5.74, 6) is 3.37. The summed E-state index contributed by atoms with van der Waals surface area (Å²) in [5, 5.41) is 3.72. The van der Waals surface area contributed by atoms with Crippen molar-refractivity contribution in [3.63, 3.8) is 0 Å². The van der Waals surface area contributed by atoms with Gasteiger partial charge in [-0.1, -0.05) is 32.6 Å². The van der Waals surface area contributed by atoms with Crippen LogP contribution in [0.25, 0.3) is 0 Å². The fraction of sp³-hybridized carbons (Fsp3) is 1.00. The van der Waals surface area contributed by atoms with Crippen LogP contribution in [0.3, 0.4) is 0 Å². The van der Waals surface area contributed by atoms with E-state index in [1.165, 1.54) is 56.5 Å². The first-order valence-electron chi connectivity index (χ1n) is 7.83. The molecule has 0 bridgehead atoms. The minimum atomic E-state index is 0.455. The summed E-state index contributed by atoms with van der Waals surface area (Å²) in [6.45, 7) is 4.33. The van der Waals surface area contributed by atoms with Crippen LogP contribution in [-0.4, -0.2) is 36.8 Å². The van der Waals surface area contributed by atoms with E-state index in [1.807, 2.05) is 0 Å². The molecule has 0 aromatic carbocycles. The molecule has 0 spiro atoms. The van der Waals surface area contributed by atoms with Gasteiger partial charge in [0.05, 0.1) is 12.7 Å². The maximum absolute atomic E-state index is 5.97. The molecule has 0 amide bonds. The molecular weight excluding hydrogens is 242 g/mol. The molecule has 1 saturated heterocycles. The van der Waals surface area contributed by atoms with Gasteiger partial charge in [-0.2, -0.15) is 11.8 Å². The predicted octanol–water partition coefficient (Wildman–Crippen LogP) is 3.46. The first-order chi connectivity index (χ1) is 8.90. The second-order valence-corrected chi connectivity index (χ2v) is 6.92. The first kappa shape index (κ1) is 14.7. The SMILES string of the molecule is CCCNC(CCC1CCCC1)C1CSCCO1. The molecule has 2 rings (SSSR count). The number of hydrogen-bond acceptors (Lipinski definition) is 3. The van der Waals surface area contributed by atoms with E-state index in [0.717, 1.165) is 19.1 Å². The molecule has 2 unspecified atom stereocenters. The number of ether oxygens (including phenoxy) is 1. The smallest absolute Gasteiger partial charge is 0.0818 e. The highest BCUT2D eigenvalue weighted by atomic mass is 32.2. The summed E-state index contributed by atoms with van der Waals surface area (Å²) in [6.07, 6.45) is 10.3. The van der Waals surface area contributed by atoms with Crippen LogP contribution in [0.2, 0.25) is 0 Å². The lowest BCUT2D eigenvalue weighted by molar-refractivity contribution is 0.0431. The van der Waals surface area contributed by atoms with Crippen molar-refractivity contribution >= 4 is 11.8 Å². The van der Waals surface area contributed by atoms with Gasteiger partial charge in [-0.25, -0.2) is 0 Å². The largest absolute Gasteiger partial charge is 0.375 e. The maximum Gasteiger partial charge on any atom is 0.0818 e. The second kappa shape index (κ2) is 8.44. The molecule has 1 saturated carbocycles. The Morgan fingerprint density at radius 2 is 2.17 bits per heavy atom. The van der Waals surface area contributed by atoms with E-state index in [2.05, 4.69) is 24.0 Å². The first-order valence-corrected chi connectivity index (χ1v) is 8.98. The summed E-state index contributed by atoms with van der Waals surface area (Å²) in [4.78, 5) is 0. The van der Waals surface area contributed by atoms with Crippen LogP contribution in [0.4, 0.5) is 0 Å². The molecule has 1 N–H and O–H groups in total. The van der Waals surface area contributed by atoms with E-state index in [4.69, 9.17) is 4.74 Å². The molecule has 2 nitrogen and oxygen atoms in total. The minimum Gasteiger partial charge on any atom is -0.375 e. The zero-order valence-electron chi connectivity index (χ0n) is 11.8. The average Bonchev–Trinajstić information content (AvgIpc) is 2.93. The average molecular weight is 271 g/mol. The van der Waals surface area contributed by atoms with Gasteiger partial charge in [-0.05, 0) is 31.7 Å². The van der Waals surface area contributed by atoms with Gasteiger partial charge in [0.2, 0.25) is 0 Å². The summed E-state index contributed by atoms with van der Waals surface area (Å²) < 4.78 is 5.97. The van der Waals surface area contributed by atoms with Crippen molar-refractivity contribution in [2.75, 3.05) is 24.7 Å². The lowest BCUT2D eigenvalue weighted by atomic mass is 9.96. The van der Waals surface area contributed by atoms with Crippen molar-refractivity contribution in [2.45, 2.75) is 64.0 Å². The van der Waals surface area contributed by atoms with Crippen LogP contribution < -0.4 is 5.32 Å².